The summed E-state index contributed by atoms with van der Waals surface area (Å²) in [7, 11) is 0. The summed E-state index contributed by atoms with van der Waals surface area (Å²) in [4.78, 5) is 12.3. The minimum Gasteiger partial charge on any atom is -0.352 e. The monoisotopic (exact) mass is 320 g/mol. The highest BCUT2D eigenvalue weighted by Crippen LogP contribution is 2.19. The van der Waals surface area contributed by atoms with E-state index in [0.29, 0.717) is 30.1 Å². The standard InChI is InChI=1S/C16H21ClN4O/c1-2-15-14(16(22)19-9-4-3-8-18)11-20-21(15)13-7-5-6-12(17)10-13/h5-7,10-11H,2-4,8-9,18H2,1H3,(H,19,22). The first-order valence-electron chi connectivity index (χ1n) is 7.48. The first-order valence-corrected chi connectivity index (χ1v) is 7.86. The van der Waals surface area contributed by atoms with Gasteiger partial charge in [-0.05, 0) is 44.0 Å². The molecule has 0 saturated carbocycles. The largest absolute Gasteiger partial charge is 0.352 e. The van der Waals surface area contributed by atoms with Crippen molar-refractivity contribution in [2.45, 2.75) is 26.2 Å². The summed E-state index contributed by atoms with van der Waals surface area (Å²) in [5, 5.41) is 7.89. The zero-order valence-electron chi connectivity index (χ0n) is 12.7. The lowest BCUT2D eigenvalue weighted by atomic mass is 10.2. The van der Waals surface area contributed by atoms with Gasteiger partial charge in [-0.3, -0.25) is 4.79 Å². The van der Waals surface area contributed by atoms with Gasteiger partial charge in [-0.2, -0.15) is 5.10 Å². The van der Waals surface area contributed by atoms with Gasteiger partial charge in [0.25, 0.3) is 5.91 Å². The summed E-state index contributed by atoms with van der Waals surface area (Å²) >= 11 is 6.03. The van der Waals surface area contributed by atoms with Crippen LogP contribution in [0.3, 0.4) is 0 Å². The van der Waals surface area contributed by atoms with E-state index in [1.54, 1.807) is 10.9 Å². The third-order valence-corrected chi connectivity index (χ3v) is 3.65. The van der Waals surface area contributed by atoms with Crippen LogP contribution in [0.25, 0.3) is 5.69 Å². The number of nitrogens with two attached hydrogens (primary N) is 1. The Balaban J connectivity index is 2.18. The lowest BCUT2D eigenvalue weighted by molar-refractivity contribution is 0.0952. The molecule has 0 atom stereocenters. The minimum absolute atomic E-state index is 0.0952. The molecule has 0 aliphatic carbocycles. The zero-order chi connectivity index (χ0) is 15.9. The van der Waals surface area contributed by atoms with E-state index in [4.69, 9.17) is 17.3 Å². The summed E-state index contributed by atoms with van der Waals surface area (Å²) in [6, 6.07) is 7.42. The predicted molar refractivity (Wildman–Crippen MR) is 88.6 cm³/mol. The maximum atomic E-state index is 12.3. The van der Waals surface area contributed by atoms with Gasteiger partial charge < -0.3 is 11.1 Å². The smallest absolute Gasteiger partial charge is 0.254 e. The van der Waals surface area contributed by atoms with E-state index in [9.17, 15) is 4.79 Å². The molecule has 118 valence electrons. The van der Waals surface area contributed by atoms with Gasteiger partial charge in [0.15, 0.2) is 0 Å². The molecule has 3 N–H and O–H groups in total. The van der Waals surface area contributed by atoms with Gasteiger partial charge in [-0.1, -0.05) is 24.6 Å². The lowest BCUT2D eigenvalue weighted by Crippen LogP contribution is -2.25. The van der Waals surface area contributed by atoms with Crippen LogP contribution in [0.1, 0.15) is 35.8 Å². The quantitative estimate of drug-likeness (QED) is 0.770. The Hall–Kier alpha value is -1.85. The lowest BCUT2D eigenvalue weighted by Gasteiger charge is -2.09. The van der Waals surface area contributed by atoms with Gasteiger partial charge in [0.1, 0.15) is 0 Å². The molecular formula is C16H21ClN4O. The first-order chi connectivity index (χ1) is 10.7. The van der Waals surface area contributed by atoms with Crippen LogP contribution >= 0.6 is 11.6 Å². The van der Waals surface area contributed by atoms with Crippen molar-refractivity contribution in [3.8, 4) is 5.69 Å². The number of nitrogens with one attached hydrogen (secondary N) is 1. The summed E-state index contributed by atoms with van der Waals surface area (Å²) in [6.07, 6.45) is 4.10. The molecule has 0 aliphatic rings. The van der Waals surface area contributed by atoms with E-state index in [0.717, 1.165) is 24.2 Å². The highest BCUT2D eigenvalue weighted by Gasteiger charge is 2.16. The molecule has 22 heavy (non-hydrogen) atoms. The minimum atomic E-state index is -0.0952. The molecular weight excluding hydrogens is 300 g/mol. The second-order valence-corrected chi connectivity index (χ2v) is 5.44. The van der Waals surface area contributed by atoms with Crippen LogP contribution < -0.4 is 11.1 Å². The summed E-state index contributed by atoms with van der Waals surface area (Å²) in [5.74, 6) is -0.0952. The number of hydrogen-bond acceptors (Lipinski definition) is 3. The number of nitrogens with zero attached hydrogens (tertiary/aromatic N) is 2. The van der Waals surface area contributed by atoms with E-state index < -0.39 is 0 Å². The van der Waals surface area contributed by atoms with E-state index in [1.165, 1.54) is 0 Å². The molecule has 5 nitrogen and oxygen atoms in total. The average Bonchev–Trinajstić information content (AvgIpc) is 2.95. The van der Waals surface area contributed by atoms with Crippen LogP contribution in [-0.4, -0.2) is 28.8 Å². The number of amides is 1. The molecule has 1 aromatic heterocycles. The van der Waals surface area contributed by atoms with Gasteiger partial charge in [0.05, 0.1) is 23.1 Å². The Labute approximate surface area is 135 Å². The molecule has 2 rings (SSSR count). The first kappa shape index (κ1) is 16.5. The SMILES string of the molecule is CCc1c(C(=O)NCCCCN)cnn1-c1cccc(Cl)c1. The fourth-order valence-corrected chi connectivity index (χ4v) is 2.49. The van der Waals surface area contributed by atoms with Gasteiger partial charge in [-0.15, -0.1) is 0 Å². The van der Waals surface area contributed by atoms with Crippen molar-refractivity contribution in [2.24, 2.45) is 5.73 Å². The van der Waals surface area contributed by atoms with Crippen molar-refractivity contribution in [1.82, 2.24) is 15.1 Å². The van der Waals surface area contributed by atoms with Crippen molar-refractivity contribution in [3.05, 3.63) is 46.7 Å². The number of aromatic nitrogens is 2. The predicted octanol–water partition coefficient (Wildman–Crippen LogP) is 2.56. The molecule has 0 unspecified atom stereocenters. The van der Waals surface area contributed by atoms with Crippen LogP contribution in [0.4, 0.5) is 0 Å². The Morgan fingerprint density at radius 3 is 2.91 bits per heavy atom. The topological polar surface area (TPSA) is 72.9 Å². The number of hydrogen-bond donors (Lipinski definition) is 2. The maximum Gasteiger partial charge on any atom is 0.254 e. The van der Waals surface area contributed by atoms with Crippen molar-refractivity contribution >= 4 is 17.5 Å². The van der Waals surface area contributed by atoms with E-state index in [1.807, 2.05) is 31.2 Å². The van der Waals surface area contributed by atoms with Crippen LogP contribution in [0.5, 0.6) is 0 Å². The van der Waals surface area contributed by atoms with Crippen molar-refractivity contribution < 1.29 is 4.79 Å². The van der Waals surface area contributed by atoms with Crippen LogP contribution in [0.2, 0.25) is 5.02 Å². The normalized spacial score (nSPS) is 10.7. The van der Waals surface area contributed by atoms with Gasteiger partial charge in [-0.25, -0.2) is 4.68 Å². The highest BCUT2D eigenvalue weighted by molar-refractivity contribution is 6.30. The Kier molecular flexibility index (Phi) is 5.98. The number of benzene rings is 1. The third-order valence-electron chi connectivity index (χ3n) is 3.42. The van der Waals surface area contributed by atoms with Crippen LogP contribution in [0, 0.1) is 0 Å². The fraction of sp³-hybridized carbons (Fsp3) is 0.375. The highest BCUT2D eigenvalue weighted by atomic mass is 35.5. The molecule has 1 aromatic carbocycles. The molecule has 2 aromatic rings. The molecule has 6 heteroatoms. The molecule has 0 radical (unpaired) electrons. The summed E-state index contributed by atoms with van der Waals surface area (Å²) in [5.41, 5.74) is 7.78. The van der Waals surface area contributed by atoms with Crippen LogP contribution in [0.15, 0.2) is 30.5 Å². The van der Waals surface area contributed by atoms with Gasteiger partial charge in [0.2, 0.25) is 0 Å². The summed E-state index contributed by atoms with van der Waals surface area (Å²) in [6.45, 7) is 3.27. The van der Waals surface area contributed by atoms with E-state index >= 15 is 0 Å². The van der Waals surface area contributed by atoms with E-state index in [2.05, 4.69) is 10.4 Å². The molecule has 0 fully saturated rings. The number of carbonyl (C=O) groups is 1. The summed E-state index contributed by atoms with van der Waals surface area (Å²) < 4.78 is 1.76. The zero-order valence-corrected chi connectivity index (χ0v) is 13.4. The maximum absolute atomic E-state index is 12.3. The second-order valence-electron chi connectivity index (χ2n) is 5.00. The number of rotatable bonds is 7. The Morgan fingerprint density at radius 1 is 1.41 bits per heavy atom. The van der Waals surface area contributed by atoms with Gasteiger partial charge in [0, 0.05) is 11.6 Å². The molecule has 0 spiro atoms. The van der Waals surface area contributed by atoms with Crippen LogP contribution in [-0.2, 0) is 6.42 Å². The number of carbonyl (C=O) groups excluding carboxylic acids is 1. The Bertz CT molecular complexity index is 639. The van der Waals surface area contributed by atoms with Crippen molar-refractivity contribution in [1.29, 1.82) is 0 Å². The number of halogens is 1. The average molecular weight is 321 g/mol. The molecule has 1 amide bonds. The molecule has 1 heterocycles. The van der Waals surface area contributed by atoms with Gasteiger partial charge >= 0.3 is 0 Å². The Morgan fingerprint density at radius 2 is 2.23 bits per heavy atom. The molecule has 0 aliphatic heterocycles. The molecule has 0 saturated heterocycles. The van der Waals surface area contributed by atoms with E-state index in [-0.39, 0.29) is 5.91 Å². The fourth-order valence-electron chi connectivity index (χ4n) is 2.30. The van der Waals surface area contributed by atoms with Crippen molar-refractivity contribution in [3.63, 3.8) is 0 Å². The third kappa shape index (κ3) is 3.87. The number of unbranched alkanes of at least 4 members (excludes halogenated alkanes) is 1. The van der Waals surface area contributed by atoms with Crippen molar-refractivity contribution in [2.75, 3.05) is 13.1 Å². The second kappa shape index (κ2) is 7.96. The molecule has 0 bridgehead atoms.